The van der Waals surface area contributed by atoms with Crippen molar-refractivity contribution in [3.63, 3.8) is 0 Å². The number of hydrogen-bond donors (Lipinski definition) is 2. The molecule has 0 spiro atoms. The summed E-state index contributed by atoms with van der Waals surface area (Å²) in [4.78, 5) is 8.19. The van der Waals surface area contributed by atoms with E-state index in [0.717, 1.165) is 23.5 Å². The zero-order chi connectivity index (χ0) is 11.2. The fourth-order valence-electron chi connectivity index (χ4n) is 1.38. The van der Waals surface area contributed by atoms with Gasteiger partial charge in [0.1, 0.15) is 0 Å². The van der Waals surface area contributed by atoms with Crippen LogP contribution in [-0.2, 0) is 6.54 Å². The monoisotopic (exact) mass is 214 g/mol. The van der Waals surface area contributed by atoms with Gasteiger partial charge in [0.05, 0.1) is 23.8 Å². The standard InChI is InChI=1S/C12H14N4/c1-13-11-5-12(9-15-8-11)16-7-10-3-2-4-14-6-10/h2-6,8-9,13,16H,7H2,1H3. The summed E-state index contributed by atoms with van der Waals surface area (Å²) in [6.07, 6.45) is 7.21. The average Bonchev–Trinajstić information content (AvgIpc) is 2.38. The Morgan fingerprint density at radius 1 is 1.12 bits per heavy atom. The molecule has 0 unspecified atom stereocenters. The molecule has 0 bridgehead atoms. The summed E-state index contributed by atoms with van der Waals surface area (Å²) in [7, 11) is 1.88. The van der Waals surface area contributed by atoms with Crippen molar-refractivity contribution in [2.45, 2.75) is 6.54 Å². The fourth-order valence-corrected chi connectivity index (χ4v) is 1.38. The van der Waals surface area contributed by atoms with E-state index in [-0.39, 0.29) is 0 Å². The maximum atomic E-state index is 4.13. The molecule has 2 rings (SSSR count). The van der Waals surface area contributed by atoms with Gasteiger partial charge in [-0.05, 0) is 17.7 Å². The van der Waals surface area contributed by atoms with E-state index < -0.39 is 0 Å². The summed E-state index contributed by atoms with van der Waals surface area (Å²) in [5.41, 5.74) is 3.14. The molecule has 82 valence electrons. The van der Waals surface area contributed by atoms with E-state index in [0.29, 0.717) is 0 Å². The Morgan fingerprint density at radius 3 is 2.75 bits per heavy atom. The fraction of sp³-hybridized carbons (Fsp3) is 0.167. The minimum atomic E-state index is 0.753. The van der Waals surface area contributed by atoms with E-state index in [9.17, 15) is 0 Å². The van der Waals surface area contributed by atoms with Crippen LogP contribution >= 0.6 is 0 Å². The summed E-state index contributed by atoms with van der Waals surface area (Å²) in [6, 6.07) is 5.98. The van der Waals surface area contributed by atoms with Gasteiger partial charge in [-0.1, -0.05) is 6.07 Å². The Hall–Kier alpha value is -2.10. The molecule has 4 heteroatoms. The lowest BCUT2D eigenvalue weighted by atomic mass is 10.3. The van der Waals surface area contributed by atoms with Gasteiger partial charge in [0.25, 0.3) is 0 Å². The molecule has 4 nitrogen and oxygen atoms in total. The number of aromatic nitrogens is 2. The summed E-state index contributed by atoms with van der Waals surface area (Å²) in [5, 5.41) is 6.34. The van der Waals surface area contributed by atoms with Gasteiger partial charge in [-0.3, -0.25) is 9.97 Å². The van der Waals surface area contributed by atoms with Crippen LogP contribution in [0.25, 0.3) is 0 Å². The van der Waals surface area contributed by atoms with Crippen LogP contribution in [0.3, 0.4) is 0 Å². The number of rotatable bonds is 4. The van der Waals surface area contributed by atoms with Crippen molar-refractivity contribution in [2.24, 2.45) is 0 Å². The summed E-state index contributed by atoms with van der Waals surface area (Å²) in [5.74, 6) is 0. The highest BCUT2D eigenvalue weighted by molar-refractivity contribution is 5.53. The molecule has 0 radical (unpaired) electrons. The van der Waals surface area contributed by atoms with Crippen LogP contribution in [0.15, 0.2) is 43.0 Å². The molecule has 2 aromatic rings. The third kappa shape index (κ3) is 2.70. The average molecular weight is 214 g/mol. The van der Waals surface area contributed by atoms with Crippen LogP contribution in [0.1, 0.15) is 5.56 Å². The Morgan fingerprint density at radius 2 is 2.00 bits per heavy atom. The third-order valence-electron chi connectivity index (χ3n) is 2.25. The number of hydrogen-bond acceptors (Lipinski definition) is 4. The molecule has 0 aliphatic heterocycles. The molecule has 0 amide bonds. The molecule has 0 aliphatic carbocycles. The van der Waals surface area contributed by atoms with Crippen molar-refractivity contribution >= 4 is 11.4 Å². The van der Waals surface area contributed by atoms with Crippen LogP contribution in [0.2, 0.25) is 0 Å². The van der Waals surface area contributed by atoms with Gasteiger partial charge in [0, 0.05) is 26.0 Å². The minimum Gasteiger partial charge on any atom is -0.387 e. The van der Waals surface area contributed by atoms with Crippen molar-refractivity contribution in [3.8, 4) is 0 Å². The highest BCUT2D eigenvalue weighted by atomic mass is 14.9. The zero-order valence-corrected chi connectivity index (χ0v) is 9.14. The van der Waals surface area contributed by atoms with E-state index in [1.807, 2.05) is 31.4 Å². The molecular formula is C12H14N4. The molecule has 0 aliphatic rings. The summed E-state index contributed by atoms with van der Waals surface area (Å²) in [6.45, 7) is 0.753. The number of pyridine rings is 2. The maximum absolute atomic E-state index is 4.13. The molecular weight excluding hydrogens is 200 g/mol. The van der Waals surface area contributed by atoms with Crippen molar-refractivity contribution < 1.29 is 0 Å². The molecule has 2 N–H and O–H groups in total. The summed E-state index contributed by atoms with van der Waals surface area (Å²) < 4.78 is 0. The first-order valence-corrected chi connectivity index (χ1v) is 5.14. The number of nitrogens with one attached hydrogen (secondary N) is 2. The second kappa shape index (κ2) is 5.11. The first-order chi connectivity index (χ1) is 7.88. The van der Waals surface area contributed by atoms with Crippen LogP contribution in [0.4, 0.5) is 11.4 Å². The Balaban J connectivity index is 1.99. The third-order valence-corrected chi connectivity index (χ3v) is 2.25. The van der Waals surface area contributed by atoms with Crippen molar-refractivity contribution in [2.75, 3.05) is 17.7 Å². The molecule has 0 atom stereocenters. The zero-order valence-electron chi connectivity index (χ0n) is 9.14. The first kappa shape index (κ1) is 10.4. The van der Waals surface area contributed by atoms with Crippen molar-refractivity contribution in [1.82, 2.24) is 9.97 Å². The molecule has 2 aromatic heterocycles. The van der Waals surface area contributed by atoms with E-state index in [4.69, 9.17) is 0 Å². The molecule has 2 heterocycles. The van der Waals surface area contributed by atoms with Gasteiger partial charge in [-0.25, -0.2) is 0 Å². The van der Waals surface area contributed by atoms with Crippen LogP contribution in [-0.4, -0.2) is 17.0 Å². The lowest BCUT2D eigenvalue weighted by Crippen LogP contribution is -2.00. The Labute approximate surface area is 94.8 Å². The van der Waals surface area contributed by atoms with E-state index in [1.54, 1.807) is 18.6 Å². The normalized spacial score (nSPS) is 9.81. The predicted octanol–water partition coefficient (Wildman–Crippen LogP) is 2.13. The van der Waals surface area contributed by atoms with Gasteiger partial charge in [-0.15, -0.1) is 0 Å². The van der Waals surface area contributed by atoms with Gasteiger partial charge in [0.2, 0.25) is 0 Å². The lowest BCUT2D eigenvalue weighted by Gasteiger charge is -2.07. The first-order valence-electron chi connectivity index (χ1n) is 5.14. The van der Waals surface area contributed by atoms with Gasteiger partial charge >= 0.3 is 0 Å². The smallest absolute Gasteiger partial charge is 0.0550 e. The highest BCUT2D eigenvalue weighted by Crippen LogP contribution is 2.12. The Kier molecular flexibility index (Phi) is 3.33. The van der Waals surface area contributed by atoms with Crippen LogP contribution < -0.4 is 10.6 Å². The minimum absolute atomic E-state index is 0.753. The number of nitrogens with zero attached hydrogens (tertiary/aromatic N) is 2. The SMILES string of the molecule is CNc1cncc(NCc2cccnc2)c1. The molecule has 0 fully saturated rings. The Bertz CT molecular complexity index is 442. The van der Waals surface area contributed by atoms with E-state index >= 15 is 0 Å². The summed E-state index contributed by atoms with van der Waals surface area (Å²) >= 11 is 0. The lowest BCUT2D eigenvalue weighted by molar-refractivity contribution is 1.10. The van der Waals surface area contributed by atoms with E-state index in [1.165, 1.54) is 0 Å². The largest absolute Gasteiger partial charge is 0.387 e. The van der Waals surface area contributed by atoms with Crippen molar-refractivity contribution in [3.05, 3.63) is 48.5 Å². The quantitative estimate of drug-likeness (QED) is 0.818. The molecule has 0 saturated carbocycles. The highest BCUT2D eigenvalue weighted by Gasteiger charge is 1.95. The predicted molar refractivity (Wildman–Crippen MR) is 65.3 cm³/mol. The maximum Gasteiger partial charge on any atom is 0.0550 e. The second-order valence-corrected chi connectivity index (χ2v) is 3.43. The van der Waals surface area contributed by atoms with E-state index in [2.05, 4.69) is 20.6 Å². The topological polar surface area (TPSA) is 49.8 Å². The number of anilines is 2. The van der Waals surface area contributed by atoms with Gasteiger partial charge in [0.15, 0.2) is 0 Å². The van der Waals surface area contributed by atoms with Crippen LogP contribution in [0.5, 0.6) is 0 Å². The molecule has 0 saturated heterocycles. The second-order valence-electron chi connectivity index (χ2n) is 3.43. The van der Waals surface area contributed by atoms with Gasteiger partial charge < -0.3 is 10.6 Å². The molecule has 0 aromatic carbocycles. The van der Waals surface area contributed by atoms with Gasteiger partial charge in [-0.2, -0.15) is 0 Å². The van der Waals surface area contributed by atoms with Crippen molar-refractivity contribution in [1.29, 1.82) is 0 Å². The molecule has 16 heavy (non-hydrogen) atoms. The van der Waals surface area contributed by atoms with Crippen LogP contribution in [0, 0.1) is 0 Å².